The molecule has 1 aromatic heterocycles. The van der Waals surface area contributed by atoms with Gasteiger partial charge in [-0.05, 0) is 37.1 Å². The summed E-state index contributed by atoms with van der Waals surface area (Å²) in [5.41, 5.74) is 0. The number of piperazine rings is 1. The first kappa shape index (κ1) is 17.9. The normalized spacial score (nSPS) is 27.8. The molecule has 24 heavy (non-hydrogen) atoms. The smallest absolute Gasteiger partial charge is 0.237 e. The number of carbonyl (C=O) groups excluding carboxylic acids is 1. The fourth-order valence-corrected chi connectivity index (χ4v) is 4.68. The summed E-state index contributed by atoms with van der Waals surface area (Å²) in [5.74, 6) is 0.845. The predicted molar refractivity (Wildman–Crippen MR) is 100 cm³/mol. The molecule has 1 aliphatic heterocycles. The van der Waals surface area contributed by atoms with Crippen LogP contribution in [0.5, 0.6) is 0 Å². The number of hydrogen-bond acceptors (Lipinski definition) is 4. The second-order valence-electron chi connectivity index (χ2n) is 7.44. The van der Waals surface area contributed by atoms with Crippen LogP contribution in [0.2, 0.25) is 0 Å². The van der Waals surface area contributed by atoms with Gasteiger partial charge in [-0.1, -0.05) is 25.8 Å². The molecular formula is C19H31N3OS. The van der Waals surface area contributed by atoms with Crippen molar-refractivity contribution in [3.63, 3.8) is 0 Å². The van der Waals surface area contributed by atoms with Crippen LogP contribution in [0.15, 0.2) is 17.5 Å². The van der Waals surface area contributed by atoms with E-state index >= 15 is 0 Å². The van der Waals surface area contributed by atoms with Gasteiger partial charge in [0.15, 0.2) is 0 Å². The van der Waals surface area contributed by atoms with E-state index in [0.717, 1.165) is 39.1 Å². The van der Waals surface area contributed by atoms with Crippen LogP contribution in [0.1, 0.15) is 44.4 Å². The van der Waals surface area contributed by atoms with E-state index < -0.39 is 0 Å². The Hall–Kier alpha value is -0.910. The summed E-state index contributed by atoms with van der Waals surface area (Å²) in [4.78, 5) is 18.9. The molecule has 1 N–H and O–H groups in total. The molecule has 1 aromatic rings. The lowest BCUT2D eigenvalue weighted by Gasteiger charge is -2.38. The number of nitrogens with zero attached hydrogens (tertiary/aromatic N) is 2. The van der Waals surface area contributed by atoms with Gasteiger partial charge in [-0.25, -0.2) is 0 Å². The van der Waals surface area contributed by atoms with Crippen molar-refractivity contribution in [3.05, 3.63) is 22.4 Å². The molecule has 2 fully saturated rings. The average Bonchev–Trinajstić information content (AvgIpc) is 3.10. The summed E-state index contributed by atoms with van der Waals surface area (Å²) >= 11 is 1.83. The number of rotatable bonds is 5. The molecule has 0 aromatic carbocycles. The molecule has 1 amide bonds. The van der Waals surface area contributed by atoms with Gasteiger partial charge in [0.25, 0.3) is 0 Å². The highest BCUT2D eigenvalue weighted by Crippen LogP contribution is 2.24. The SMILES string of the molecule is C[C@@H]1CCCC[C@H]1NC(=O)[C@@H](C)N1CCN(Cc2cccs2)CC1. The van der Waals surface area contributed by atoms with Gasteiger partial charge in [-0.3, -0.25) is 14.6 Å². The van der Waals surface area contributed by atoms with Gasteiger partial charge in [0, 0.05) is 43.6 Å². The molecule has 1 aliphatic carbocycles. The van der Waals surface area contributed by atoms with E-state index in [2.05, 4.69) is 46.5 Å². The third kappa shape index (κ3) is 4.58. The minimum Gasteiger partial charge on any atom is -0.352 e. The molecule has 3 atom stereocenters. The maximum Gasteiger partial charge on any atom is 0.237 e. The fraction of sp³-hybridized carbons (Fsp3) is 0.737. The molecule has 2 heterocycles. The number of thiophene rings is 1. The third-order valence-corrected chi connectivity index (χ3v) is 6.59. The van der Waals surface area contributed by atoms with E-state index in [1.54, 1.807) is 0 Å². The molecule has 0 bridgehead atoms. The van der Waals surface area contributed by atoms with Crippen LogP contribution in [-0.4, -0.2) is 54.0 Å². The van der Waals surface area contributed by atoms with E-state index in [9.17, 15) is 4.79 Å². The topological polar surface area (TPSA) is 35.6 Å². The van der Waals surface area contributed by atoms with Crippen molar-refractivity contribution >= 4 is 17.2 Å². The van der Waals surface area contributed by atoms with Crippen LogP contribution in [0.4, 0.5) is 0 Å². The first-order chi connectivity index (χ1) is 11.6. The van der Waals surface area contributed by atoms with E-state index in [1.807, 2.05) is 11.3 Å². The minimum atomic E-state index is -0.0111. The highest BCUT2D eigenvalue weighted by molar-refractivity contribution is 7.09. The Kier molecular flexibility index (Phi) is 6.31. The number of nitrogens with one attached hydrogen (secondary N) is 1. The van der Waals surface area contributed by atoms with Crippen molar-refractivity contribution in [1.82, 2.24) is 15.1 Å². The van der Waals surface area contributed by atoms with Crippen LogP contribution in [0.3, 0.4) is 0 Å². The van der Waals surface area contributed by atoms with Gasteiger partial charge in [0.1, 0.15) is 0 Å². The predicted octanol–water partition coefficient (Wildman–Crippen LogP) is 2.95. The average molecular weight is 350 g/mol. The molecule has 2 aliphatic rings. The van der Waals surface area contributed by atoms with Gasteiger partial charge in [0.2, 0.25) is 5.91 Å². The Morgan fingerprint density at radius 3 is 2.71 bits per heavy atom. The van der Waals surface area contributed by atoms with Crippen molar-refractivity contribution < 1.29 is 4.79 Å². The van der Waals surface area contributed by atoms with E-state index in [0.29, 0.717) is 12.0 Å². The summed E-state index contributed by atoms with van der Waals surface area (Å²) in [5, 5.41) is 5.46. The number of hydrogen-bond donors (Lipinski definition) is 1. The lowest BCUT2D eigenvalue weighted by atomic mass is 9.86. The Morgan fingerprint density at radius 1 is 1.29 bits per heavy atom. The van der Waals surface area contributed by atoms with Gasteiger partial charge in [-0.15, -0.1) is 11.3 Å². The Balaban J connectivity index is 1.44. The van der Waals surface area contributed by atoms with Gasteiger partial charge < -0.3 is 5.32 Å². The highest BCUT2D eigenvalue weighted by atomic mass is 32.1. The van der Waals surface area contributed by atoms with Crippen molar-refractivity contribution in [3.8, 4) is 0 Å². The maximum absolute atomic E-state index is 12.6. The van der Waals surface area contributed by atoms with Crippen LogP contribution in [0, 0.1) is 5.92 Å². The lowest BCUT2D eigenvalue weighted by Crippen LogP contribution is -2.55. The summed E-state index contributed by atoms with van der Waals surface area (Å²) in [6, 6.07) is 4.70. The first-order valence-corrected chi connectivity index (χ1v) is 10.3. The second-order valence-corrected chi connectivity index (χ2v) is 8.48. The largest absolute Gasteiger partial charge is 0.352 e. The highest BCUT2D eigenvalue weighted by Gasteiger charge is 2.29. The molecule has 1 saturated carbocycles. The van der Waals surface area contributed by atoms with E-state index in [-0.39, 0.29) is 11.9 Å². The summed E-state index contributed by atoms with van der Waals surface area (Å²) in [6.07, 6.45) is 4.97. The summed E-state index contributed by atoms with van der Waals surface area (Å²) in [6.45, 7) is 9.46. The van der Waals surface area contributed by atoms with Crippen molar-refractivity contribution in [2.45, 2.75) is 58.2 Å². The van der Waals surface area contributed by atoms with Crippen LogP contribution < -0.4 is 5.32 Å². The van der Waals surface area contributed by atoms with E-state index in [1.165, 1.54) is 24.1 Å². The minimum absolute atomic E-state index is 0.0111. The number of amides is 1. The Labute approximate surface area is 150 Å². The van der Waals surface area contributed by atoms with Crippen molar-refractivity contribution in [2.24, 2.45) is 5.92 Å². The van der Waals surface area contributed by atoms with Crippen LogP contribution in [0.25, 0.3) is 0 Å². The Morgan fingerprint density at radius 2 is 2.04 bits per heavy atom. The van der Waals surface area contributed by atoms with Crippen LogP contribution >= 0.6 is 11.3 Å². The zero-order valence-corrected chi connectivity index (χ0v) is 15.9. The third-order valence-electron chi connectivity index (χ3n) is 5.73. The van der Waals surface area contributed by atoms with Crippen molar-refractivity contribution in [1.29, 1.82) is 0 Å². The molecule has 0 unspecified atom stereocenters. The zero-order valence-electron chi connectivity index (χ0n) is 15.0. The monoisotopic (exact) mass is 349 g/mol. The molecule has 3 rings (SSSR count). The van der Waals surface area contributed by atoms with Crippen LogP contribution in [-0.2, 0) is 11.3 Å². The Bertz CT molecular complexity index is 511. The molecule has 0 radical (unpaired) electrons. The lowest BCUT2D eigenvalue weighted by molar-refractivity contribution is -0.127. The molecular weight excluding hydrogens is 318 g/mol. The second kappa shape index (κ2) is 8.45. The first-order valence-electron chi connectivity index (χ1n) is 9.42. The quantitative estimate of drug-likeness (QED) is 0.888. The summed E-state index contributed by atoms with van der Waals surface area (Å²) < 4.78 is 0. The summed E-state index contributed by atoms with van der Waals surface area (Å²) in [7, 11) is 0. The van der Waals surface area contributed by atoms with Gasteiger partial charge >= 0.3 is 0 Å². The van der Waals surface area contributed by atoms with E-state index in [4.69, 9.17) is 0 Å². The fourth-order valence-electron chi connectivity index (χ4n) is 3.93. The maximum atomic E-state index is 12.6. The van der Waals surface area contributed by atoms with Crippen molar-refractivity contribution in [2.75, 3.05) is 26.2 Å². The zero-order chi connectivity index (χ0) is 16.9. The number of carbonyl (C=O) groups is 1. The molecule has 134 valence electrons. The van der Waals surface area contributed by atoms with Gasteiger partial charge in [0.05, 0.1) is 6.04 Å². The molecule has 1 saturated heterocycles. The van der Waals surface area contributed by atoms with Gasteiger partial charge in [-0.2, -0.15) is 0 Å². The molecule has 0 spiro atoms. The molecule has 5 heteroatoms. The standard InChI is InChI=1S/C19H31N3OS/c1-15-6-3-4-8-18(15)20-19(23)16(2)22-11-9-21(10-12-22)14-17-7-5-13-24-17/h5,7,13,15-16,18H,3-4,6,8-12,14H2,1-2H3,(H,20,23)/t15-,16-,18-/m1/s1. The molecule has 4 nitrogen and oxygen atoms in total.